The van der Waals surface area contributed by atoms with Crippen molar-refractivity contribution in [2.75, 3.05) is 0 Å². The third-order valence-corrected chi connectivity index (χ3v) is 3.08. The van der Waals surface area contributed by atoms with Gasteiger partial charge in [-0.2, -0.15) is 0 Å². The Balaban J connectivity index is 2.11. The molecule has 1 aromatic rings. The van der Waals surface area contributed by atoms with Gasteiger partial charge in [0.05, 0.1) is 6.10 Å². The van der Waals surface area contributed by atoms with E-state index in [0.29, 0.717) is 11.4 Å². The molecule has 2 N–H and O–H groups in total. The van der Waals surface area contributed by atoms with E-state index in [1.54, 1.807) is 30.3 Å². The molecule has 0 bridgehead atoms. The van der Waals surface area contributed by atoms with Gasteiger partial charge in [-0.25, -0.2) is 0 Å². The van der Waals surface area contributed by atoms with Gasteiger partial charge in [-0.1, -0.05) is 30.7 Å². The number of hydrogen-bond donors (Lipinski definition) is 2. The van der Waals surface area contributed by atoms with Crippen LogP contribution in [0.5, 0.6) is 0 Å². The molecule has 0 aliphatic carbocycles. The highest BCUT2D eigenvalue weighted by molar-refractivity contribution is 6.30. The van der Waals surface area contributed by atoms with Gasteiger partial charge < -0.3 is 10.4 Å². The van der Waals surface area contributed by atoms with Crippen LogP contribution in [0, 0.1) is 5.92 Å². The van der Waals surface area contributed by atoms with Crippen LogP contribution in [-0.2, 0) is 4.79 Å². The van der Waals surface area contributed by atoms with Crippen molar-refractivity contribution in [1.82, 2.24) is 5.32 Å². The molecule has 3 nitrogen and oxygen atoms in total. The molecule has 0 saturated carbocycles. The van der Waals surface area contributed by atoms with Gasteiger partial charge in [0.25, 0.3) is 0 Å². The second kappa shape index (κ2) is 4.90. The molecule has 2 rings (SSSR count). The Morgan fingerprint density at radius 3 is 2.65 bits per heavy atom. The molecule has 0 aromatic heterocycles. The Bertz CT molecular complexity index is 453. The smallest absolute Gasteiger partial charge is 0.227 e. The molecule has 2 unspecified atom stereocenters. The van der Waals surface area contributed by atoms with Gasteiger partial charge in [0.1, 0.15) is 0 Å². The summed E-state index contributed by atoms with van der Waals surface area (Å²) in [6.45, 7) is 1.87. The quantitative estimate of drug-likeness (QED) is 0.848. The molecule has 1 fully saturated rings. The highest BCUT2D eigenvalue weighted by Crippen LogP contribution is 2.23. The van der Waals surface area contributed by atoms with Crippen molar-refractivity contribution >= 4 is 17.5 Å². The van der Waals surface area contributed by atoms with Crippen LogP contribution >= 0.6 is 11.6 Å². The second-order valence-electron chi connectivity index (χ2n) is 4.28. The molecular weight excluding hydrogens is 238 g/mol. The topological polar surface area (TPSA) is 49.3 Å². The molecule has 17 heavy (non-hydrogen) atoms. The fraction of sp³-hybridized carbons (Fsp3) is 0.308. The summed E-state index contributed by atoms with van der Waals surface area (Å²) in [5.41, 5.74) is 1.54. The summed E-state index contributed by atoms with van der Waals surface area (Å²) in [6, 6.07) is 7.00. The van der Waals surface area contributed by atoms with E-state index in [4.69, 9.17) is 11.6 Å². The Labute approximate surface area is 105 Å². The third-order valence-electron chi connectivity index (χ3n) is 2.83. The van der Waals surface area contributed by atoms with E-state index in [1.807, 2.05) is 6.92 Å². The van der Waals surface area contributed by atoms with E-state index >= 15 is 0 Å². The van der Waals surface area contributed by atoms with Crippen molar-refractivity contribution in [1.29, 1.82) is 0 Å². The van der Waals surface area contributed by atoms with Crippen molar-refractivity contribution in [2.24, 2.45) is 5.92 Å². The number of amides is 1. The maximum Gasteiger partial charge on any atom is 0.227 e. The molecular formula is C13H14ClNO2. The summed E-state index contributed by atoms with van der Waals surface area (Å²) < 4.78 is 0. The predicted molar refractivity (Wildman–Crippen MR) is 66.4 cm³/mol. The minimum atomic E-state index is -0.715. The first-order chi connectivity index (χ1) is 8.06. The zero-order chi connectivity index (χ0) is 12.4. The van der Waals surface area contributed by atoms with E-state index in [0.717, 1.165) is 11.3 Å². The molecule has 0 radical (unpaired) electrons. The van der Waals surface area contributed by atoms with Gasteiger partial charge >= 0.3 is 0 Å². The Kier molecular flexibility index (Phi) is 3.50. The normalized spacial score (nSPS) is 23.8. The number of benzene rings is 1. The molecule has 1 amide bonds. The van der Waals surface area contributed by atoms with Gasteiger partial charge in [0.2, 0.25) is 5.91 Å². The van der Waals surface area contributed by atoms with Crippen LogP contribution < -0.4 is 5.32 Å². The highest BCUT2D eigenvalue weighted by Gasteiger charge is 2.24. The van der Waals surface area contributed by atoms with Crippen LogP contribution in [0.3, 0.4) is 0 Å². The molecule has 1 saturated heterocycles. The summed E-state index contributed by atoms with van der Waals surface area (Å²) >= 11 is 5.77. The number of carbonyl (C=O) groups excluding carboxylic acids is 1. The van der Waals surface area contributed by atoms with Crippen molar-refractivity contribution in [3.63, 3.8) is 0 Å². The van der Waals surface area contributed by atoms with E-state index in [2.05, 4.69) is 5.32 Å². The lowest BCUT2D eigenvalue weighted by Gasteiger charge is -2.07. The van der Waals surface area contributed by atoms with E-state index < -0.39 is 6.10 Å². The fourth-order valence-corrected chi connectivity index (χ4v) is 1.94. The summed E-state index contributed by atoms with van der Waals surface area (Å²) in [7, 11) is 0. The lowest BCUT2D eigenvalue weighted by Crippen LogP contribution is -2.16. The first-order valence-electron chi connectivity index (χ1n) is 5.51. The van der Waals surface area contributed by atoms with Crippen LogP contribution in [0.1, 0.15) is 25.0 Å². The molecule has 90 valence electrons. The molecule has 2 atom stereocenters. The highest BCUT2D eigenvalue weighted by atomic mass is 35.5. The summed E-state index contributed by atoms with van der Waals surface area (Å²) in [4.78, 5) is 11.3. The molecule has 4 heteroatoms. The minimum Gasteiger partial charge on any atom is -0.384 e. The number of rotatable bonds is 2. The maximum absolute atomic E-state index is 11.3. The Hall–Kier alpha value is -1.32. The Morgan fingerprint density at radius 1 is 1.47 bits per heavy atom. The summed E-state index contributed by atoms with van der Waals surface area (Å²) in [6.07, 6.45) is 1.61. The largest absolute Gasteiger partial charge is 0.384 e. The van der Waals surface area contributed by atoms with Crippen molar-refractivity contribution in [3.8, 4) is 0 Å². The number of aliphatic hydroxyl groups excluding tert-OH is 1. The van der Waals surface area contributed by atoms with Crippen LogP contribution in [-0.4, -0.2) is 11.0 Å². The molecule has 1 aromatic carbocycles. The zero-order valence-corrected chi connectivity index (χ0v) is 10.2. The van der Waals surface area contributed by atoms with Gasteiger partial charge in [0.15, 0.2) is 0 Å². The van der Waals surface area contributed by atoms with Crippen LogP contribution in [0.2, 0.25) is 5.02 Å². The summed E-state index contributed by atoms with van der Waals surface area (Å²) in [5, 5.41) is 13.4. The van der Waals surface area contributed by atoms with Crippen molar-refractivity contribution < 1.29 is 9.90 Å². The monoisotopic (exact) mass is 251 g/mol. The lowest BCUT2D eigenvalue weighted by molar-refractivity contribution is -0.121. The predicted octanol–water partition coefficient (Wildman–Crippen LogP) is 2.41. The van der Waals surface area contributed by atoms with Gasteiger partial charge in [-0.15, -0.1) is 0 Å². The Morgan fingerprint density at radius 2 is 2.12 bits per heavy atom. The SMILES string of the molecule is CC1C/C(=C/C(O)c2ccc(Cl)cc2)NC1=O. The lowest BCUT2D eigenvalue weighted by atomic mass is 10.1. The third kappa shape index (κ3) is 2.87. The molecule has 1 aliphatic rings. The minimum absolute atomic E-state index is 0.0135. The van der Waals surface area contributed by atoms with E-state index in [1.165, 1.54) is 0 Å². The number of hydrogen-bond acceptors (Lipinski definition) is 2. The van der Waals surface area contributed by atoms with E-state index in [9.17, 15) is 9.90 Å². The molecule has 0 spiro atoms. The van der Waals surface area contributed by atoms with E-state index in [-0.39, 0.29) is 11.8 Å². The maximum atomic E-state index is 11.3. The number of aliphatic hydroxyl groups is 1. The second-order valence-corrected chi connectivity index (χ2v) is 4.72. The molecule has 1 heterocycles. The van der Waals surface area contributed by atoms with Crippen LogP contribution in [0.4, 0.5) is 0 Å². The number of carbonyl (C=O) groups is 1. The number of nitrogens with one attached hydrogen (secondary N) is 1. The van der Waals surface area contributed by atoms with Gasteiger partial charge in [0, 0.05) is 16.6 Å². The van der Waals surface area contributed by atoms with Gasteiger partial charge in [-0.05, 0) is 30.2 Å². The summed E-state index contributed by atoms with van der Waals surface area (Å²) in [5.74, 6) is -0.00164. The average molecular weight is 252 g/mol. The molecule has 1 aliphatic heterocycles. The number of halogens is 1. The van der Waals surface area contributed by atoms with Crippen LogP contribution in [0.25, 0.3) is 0 Å². The first-order valence-corrected chi connectivity index (χ1v) is 5.89. The fourth-order valence-electron chi connectivity index (χ4n) is 1.81. The standard InChI is InChI=1S/C13H14ClNO2/c1-8-6-11(15-13(8)17)7-12(16)9-2-4-10(14)5-3-9/h2-5,7-8,12,16H,6H2,1H3,(H,15,17)/b11-7-. The zero-order valence-electron chi connectivity index (χ0n) is 9.48. The average Bonchev–Trinajstić information content (AvgIpc) is 2.58. The van der Waals surface area contributed by atoms with Crippen LogP contribution in [0.15, 0.2) is 36.0 Å². The van der Waals surface area contributed by atoms with Gasteiger partial charge in [-0.3, -0.25) is 4.79 Å². The number of allylic oxidation sites excluding steroid dienone is 1. The van der Waals surface area contributed by atoms with Crippen molar-refractivity contribution in [3.05, 3.63) is 46.6 Å². The van der Waals surface area contributed by atoms with Crippen molar-refractivity contribution in [2.45, 2.75) is 19.4 Å². The first kappa shape index (κ1) is 12.1.